The van der Waals surface area contributed by atoms with E-state index in [2.05, 4.69) is 5.32 Å². The minimum atomic E-state index is -0.808. The Labute approximate surface area is 124 Å². The molecule has 1 fully saturated rings. The van der Waals surface area contributed by atoms with Crippen molar-refractivity contribution in [3.63, 3.8) is 0 Å². The summed E-state index contributed by atoms with van der Waals surface area (Å²) in [6.45, 7) is 0. The second kappa shape index (κ2) is 6.72. The molecule has 0 bridgehead atoms. The van der Waals surface area contributed by atoms with Gasteiger partial charge in [-0.15, -0.1) is 0 Å². The van der Waals surface area contributed by atoms with Gasteiger partial charge in [0, 0.05) is 19.2 Å². The van der Waals surface area contributed by atoms with Crippen molar-refractivity contribution >= 4 is 17.6 Å². The van der Waals surface area contributed by atoms with Crippen LogP contribution in [0.2, 0.25) is 0 Å². The number of aliphatic carboxylic acids is 1. The van der Waals surface area contributed by atoms with Gasteiger partial charge in [-0.3, -0.25) is 9.59 Å². The molecule has 1 aliphatic carbocycles. The molecule has 1 amide bonds. The topological polar surface area (TPSA) is 75.6 Å². The predicted molar refractivity (Wildman–Crippen MR) is 79.2 cm³/mol. The van der Waals surface area contributed by atoms with Gasteiger partial charge in [0.05, 0.1) is 12.0 Å². The largest absolute Gasteiger partial charge is 0.481 e. The molecule has 0 spiro atoms. The molecule has 1 saturated carbocycles. The van der Waals surface area contributed by atoms with E-state index in [1.165, 1.54) is 0 Å². The number of amides is 1. The van der Waals surface area contributed by atoms with Gasteiger partial charge < -0.3 is 15.2 Å². The molecule has 21 heavy (non-hydrogen) atoms. The van der Waals surface area contributed by atoms with Crippen molar-refractivity contribution in [3.05, 3.63) is 29.8 Å². The number of carbonyl (C=O) groups is 2. The van der Waals surface area contributed by atoms with Gasteiger partial charge in [-0.05, 0) is 43.4 Å². The van der Waals surface area contributed by atoms with Crippen molar-refractivity contribution in [3.8, 4) is 0 Å². The van der Waals surface area contributed by atoms with Crippen LogP contribution >= 0.6 is 0 Å². The van der Waals surface area contributed by atoms with Crippen LogP contribution < -0.4 is 5.32 Å². The molecule has 0 aliphatic heterocycles. The maximum absolute atomic E-state index is 12.0. The minimum absolute atomic E-state index is 0.0464. The Morgan fingerprint density at radius 3 is 2.43 bits per heavy atom. The number of aryl methyl sites for hydroxylation is 1. The second-order valence-electron chi connectivity index (χ2n) is 5.56. The third kappa shape index (κ3) is 4.29. The molecular weight excluding hydrogens is 270 g/mol. The summed E-state index contributed by atoms with van der Waals surface area (Å²) in [7, 11) is 1.66. The molecule has 114 valence electrons. The van der Waals surface area contributed by atoms with Crippen molar-refractivity contribution in [1.82, 2.24) is 0 Å². The van der Waals surface area contributed by atoms with Crippen molar-refractivity contribution < 1.29 is 19.4 Å². The van der Waals surface area contributed by atoms with E-state index < -0.39 is 5.97 Å². The van der Waals surface area contributed by atoms with Gasteiger partial charge in [0.1, 0.15) is 0 Å². The zero-order valence-electron chi connectivity index (χ0n) is 12.2. The number of hydrogen-bond acceptors (Lipinski definition) is 3. The zero-order chi connectivity index (χ0) is 15.3. The Bertz CT molecular complexity index is 500. The summed E-state index contributed by atoms with van der Waals surface area (Å²) in [5, 5.41) is 11.5. The summed E-state index contributed by atoms with van der Waals surface area (Å²) in [6, 6.07) is 7.28. The summed E-state index contributed by atoms with van der Waals surface area (Å²) >= 11 is 0. The summed E-state index contributed by atoms with van der Waals surface area (Å²) in [6.07, 6.45) is 3.97. The molecule has 5 heteroatoms. The third-order valence-electron chi connectivity index (χ3n) is 4.05. The Kier molecular flexibility index (Phi) is 4.96. The molecule has 0 saturated heterocycles. The summed E-state index contributed by atoms with van der Waals surface area (Å²) in [4.78, 5) is 22.5. The Morgan fingerprint density at radius 1 is 1.29 bits per heavy atom. The van der Waals surface area contributed by atoms with Crippen LogP contribution in [0.4, 0.5) is 5.69 Å². The number of benzene rings is 1. The normalized spacial score (nSPS) is 16.0. The quantitative estimate of drug-likeness (QED) is 0.809. The first-order valence-electron chi connectivity index (χ1n) is 7.19. The molecule has 0 aromatic heterocycles. The molecular formula is C16H21NO4. The fourth-order valence-corrected chi connectivity index (χ4v) is 2.53. The van der Waals surface area contributed by atoms with Crippen molar-refractivity contribution in [2.75, 3.05) is 12.4 Å². The molecule has 1 aromatic rings. The minimum Gasteiger partial charge on any atom is -0.481 e. The number of anilines is 1. The number of ether oxygens (including phenoxy) is 1. The standard InChI is InChI=1S/C16H21NO4/c1-21-16(9-2-10-16)11-14(18)17-13-6-3-12(4-7-13)5-8-15(19)20/h3-4,6-7H,2,5,8-11H2,1H3,(H,17,18)(H,19,20). The maximum Gasteiger partial charge on any atom is 0.303 e. The van der Waals surface area contributed by atoms with Crippen LogP contribution in [0.1, 0.15) is 37.7 Å². The van der Waals surface area contributed by atoms with E-state index in [4.69, 9.17) is 9.84 Å². The summed E-state index contributed by atoms with van der Waals surface area (Å²) < 4.78 is 5.44. The lowest BCUT2D eigenvalue weighted by molar-refractivity contribution is -0.137. The number of carboxylic acid groups (broad SMARTS) is 1. The van der Waals surface area contributed by atoms with Crippen LogP contribution in [0.5, 0.6) is 0 Å². The molecule has 2 N–H and O–H groups in total. The lowest BCUT2D eigenvalue weighted by Gasteiger charge is -2.39. The lowest BCUT2D eigenvalue weighted by atomic mass is 9.77. The average molecular weight is 291 g/mol. The van der Waals surface area contributed by atoms with Crippen LogP contribution in [-0.2, 0) is 20.7 Å². The van der Waals surface area contributed by atoms with Gasteiger partial charge in [-0.1, -0.05) is 12.1 Å². The van der Waals surface area contributed by atoms with E-state index >= 15 is 0 Å². The summed E-state index contributed by atoms with van der Waals surface area (Å²) in [5.41, 5.74) is 1.40. The first-order valence-corrected chi connectivity index (χ1v) is 7.19. The number of nitrogens with one attached hydrogen (secondary N) is 1. The number of carboxylic acids is 1. The zero-order valence-corrected chi connectivity index (χ0v) is 12.2. The average Bonchev–Trinajstić information content (AvgIpc) is 2.42. The van der Waals surface area contributed by atoms with Crippen LogP contribution in [0.25, 0.3) is 0 Å². The Morgan fingerprint density at radius 2 is 1.95 bits per heavy atom. The molecule has 5 nitrogen and oxygen atoms in total. The molecule has 1 aliphatic rings. The van der Waals surface area contributed by atoms with Gasteiger partial charge in [-0.2, -0.15) is 0 Å². The molecule has 1 aromatic carbocycles. The summed E-state index contributed by atoms with van der Waals surface area (Å²) in [5.74, 6) is -0.854. The van der Waals surface area contributed by atoms with E-state index in [1.54, 1.807) is 19.2 Å². The molecule has 0 radical (unpaired) electrons. The molecule has 2 rings (SSSR count). The molecule has 0 heterocycles. The maximum atomic E-state index is 12.0. The first kappa shape index (κ1) is 15.5. The Balaban J connectivity index is 1.85. The van der Waals surface area contributed by atoms with E-state index in [0.29, 0.717) is 12.8 Å². The number of carbonyl (C=O) groups excluding carboxylic acids is 1. The highest BCUT2D eigenvalue weighted by Crippen LogP contribution is 2.38. The molecule has 0 atom stereocenters. The van der Waals surface area contributed by atoms with Crippen molar-refractivity contribution in [1.29, 1.82) is 0 Å². The second-order valence-corrected chi connectivity index (χ2v) is 5.56. The van der Waals surface area contributed by atoms with Gasteiger partial charge in [0.25, 0.3) is 0 Å². The van der Waals surface area contributed by atoms with Gasteiger partial charge in [0.15, 0.2) is 0 Å². The lowest BCUT2D eigenvalue weighted by Crippen LogP contribution is -2.42. The van der Waals surface area contributed by atoms with Crippen LogP contribution in [-0.4, -0.2) is 29.7 Å². The van der Waals surface area contributed by atoms with E-state index in [9.17, 15) is 9.59 Å². The highest BCUT2D eigenvalue weighted by Gasteiger charge is 2.38. The van der Waals surface area contributed by atoms with Gasteiger partial charge >= 0.3 is 5.97 Å². The van der Waals surface area contributed by atoms with Crippen LogP contribution in [0, 0.1) is 0 Å². The van der Waals surface area contributed by atoms with Crippen LogP contribution in [0.15, 0.2) is 24.3 Å². The SMILES string of the molecule is COC1(CC(=O)Nc2ccc(CCC(=O)O)cc2)CCC1. The highest BCUT2D eigenvalue weighted by molar-refractivity contribution is 5.91. The Hall–Kier alpha value is -1.88. The predicted octanol–water partition coefficient (Wildman–Crippen LogP) is 2.60. The molecule has 0 unspecified atom stereocenters. The number of rotatable bonds is 7. The van der Waals surface area contributed by atoms with Crippen molar-refractivity contribution in [2.45, 2.75) is 44.1 Å². The number of hydrogen-bond donors (Lipinski definition) is 2. The van der Waals surface area contributed by atoms with Gasteiger partial charge in [-0.25, -0.2) is 0 Å². The van der Waals surface area contributed by atoms with Crippen LogP contribution in [0.3, 0.4) is 0 Å². The monoisotopic (exact) mass is 291 g/mol. The fraction of sp³-hybridized carbons (Fsp3) is 0.500. The smallest absolute Gasteiger partial charge is 0.303 e. The van der Waals surface area contributed by atoms with E-state index in [0.717, 1.165) is 30.5 Å². The van der Waals surface area contributed by atoms with Crippen molar-refractivity contribution in [2.24, 2.45) is 0 Å². The van der Waals surface area contributed by atoms with E-state index in [1.807, 2.05) is 12.1 Å². The van der Waals surface area contributed by atoms with Gasteiger partial charge in [0.2, 0.25) is 5.91 Å². The van der Waals surface area contributed by atoms with E-state index in [-0.39, 0.29) is 17.9 Å². The highest BCUT2D eigenvalue weighted by atomic mass is 16.5. The fourth-order valence-electron chi connectivity index (χ4n) is 2.53. The first-order chi connectivity index (χ1) is 10.0. The number of methoxy groups -OCH3 is 1. The third-order valence-corrected chi connectivity index (χ3v) is 4.05.